The molecule has 2 amide bonds. The third-order valence-electron chi connectivity index (χ3n) is 2.67. The van der Waals surface area contributed by atoms with Crippen molar-refractivity contribution in [1.82, 2.24) is 9.47 Å². The Labute approximate surface area is 110 Å². The van der Waals surface area contributed by atoms with Crippen molar-refractivity contribution in [2.75, 3.05) is 6.54 Å². The summed E-state index contributed by atoms with van der Waals surface area (Å²) in [4.78, 5) is 25.3. The minimum absolute atomic E-state index is 0.235. The van der Waals surface area contributed by atoms with Crippen molar-refractivity contribution < 1.29 is 9.59 Å². The third kappa shape index (κ3) is 2.26. The Morgan fingerprint density at radius 1 is 1.44 bits per heavy atom. The Kier molecular flexibility index (Phi) is 3.72. The third-order valence-corrected chi connectivity index (χ3v) is 3.58. The molecule has 0 radical (unpaired) electrons. The maximum absolute atomic E-state index is 12.0. The summed E-state index contributed by atoms with van der Waals surface area (Å²) >= 11 is 0.977. The van der Waals surface area contributed by atoms with Crippen LogP contribution in [0.15, 0.2) is 35.9 Å². The van der Waals surface area contributed by atoms with Gasteiger partial charge in [-0.3, -0.25) is 14.5 Å². The Hall–Kier alpha value is -1.75. The molecular formula is C13H14N2O2S. The first-order chi connectivity index (χ1) is 8.67. The Morgan fingerprint density at radius 2 is 2.22 bits per heavy atom. The molecule has 1 aliphatic rings. The highest BCUT2D eigenvalue weighted by Crippen LogP contribution is 2.32. The fourth-order valence-corrected chi connectivity index (χ4v) is 2.60. The van der Waals surface area contributed by atoms with Crippen molar-refractivity contribution in [2.24, 2.45) is 0 Å². The molecule has 1 aliphatic heterocycles. The van der Waals surface area contributed by atoms with E-state index in [1.165, 1.54) is 4.90 Å². The molecule has 94 valence electrons. The van der Waals surface area contributed by atoms with Gasteiger partial charge in [-0.2, -0.15) is 0 Å². The van der Waals surface area contributed by atoms with Crippen molar-refractivity contribution in [3.8, 4) is 0 Å². The average molecular weight is 262 g/mol. The Balaban J connectivity index is 2.27. The number of aromatic nitrogens is 1. The standard InChI is InChI=1S/C13H14N2O2S/c1-3-7-15-12(16)11(18-13(15)17)9-10-6-5-8-14(10)4-2/h3,5-6,8-9H,1,4,7H2,2H3/b11-9+. The zero-order valence-corrected chi connectivity index (χ0v) is 10.9. The molecule has 1 aromatic rings. The summed E-state index contributed by atoms with van der Waals surface area (Å²) in [7, 11) is 0. The minimum Gasteiger partial charge on any atom is -0.348 e. The molecule has 0 unspecified atom stereocenters. The van der Waals surface area contributed by atoms with Crippen LogP contribution in [0.2, 0.25) is 0 Å². The zero-order valence-electron chi connectivity index (χ0n) is 10.1. The number of hydrogen-bond donors (Lipinski definition) is 0. The number of aryl methyl sites for hydroxylation is 1. The molecule has 5 heteroatoms. The van der Waals surface area contributed by atoms with Crippen LogP contribution in [0.25, 0.3) is 6.08 Å². The van der Waals surface area contributed by atoms with Crippen LogP contribution in [0.1, 0.15) is 12.6 Å². The highest BCUT2D eigenvalue weighted by atomic mass is 32.2. The maximum atomic E-state index is 12.0. The summed E-state index contributed by atoms with van der Waals surface area (Å²) < 4.78 is 2.02. The molecule has 0 N–H and O–H groups in total. The second kappa shape index (κ2) is 5.27. The number of imide groups is 1. The van der Waals surface area contributed by atoms with Gasteiger partial charge in [-0.15, -0.1) is 6.58 Å². The number of hydrogen-bond acceptors (Lipinski definition) is 3. The average Bonchev–Trinajstić information content (AvgIpc) is 2.90. The van der Waals surface area contributed by atoms with Crippen LogP contribution in [0.5, 0.6) is 0 Å². The molecule has 0 aliphatic carbocycles. The van der Waals surface area contributed by atoms with Gasteiger partial charge >= 0.3 is 0 Å². The van der Waals surface area contributed by atoms with Gasteiger partial charge in [0.25, 0.3) is 11.1 Å². The normalized spacial score (nSPS) is 17.8. The molecule has 1 saturated heterocycles. The summed E-state index contributed by atoms with van der Waals surface area (Å²) in [5.41, 5.74) is 0.932. The van der Waals surface area contributed by atoms with E-state index in [2.05, 4.69) is 6.58 Å². The van der Waals surface area contributed by atoms with Crippen LogP contribution >= 0.6 is 11.8 Å². The molecule has 0 atom stereocenters. The highest BCUT2D eigenvalue weighted by Gasteiger charge is 2.34. The predicted octanol–water partition coefficient (Wildman–Crippen LogP) is 2.73. The van der Waals surface area contributed by atoms with Gasteiger partial charge in [0.15, 0.2) is 0 Å². The molecule has 1 fully saturated rings. The Bertz CT molecular complexity index is 531. The number of carbonyl (C=O) groups excluding carboxylic acids is 2. The lowest BCUT2D eigenvalue weighted by atomic mass is 10.3. The summed E-state index contributed by atoms with van der Waals surface area (Å²) in [5.74, 6) is -0.242. The molecule has 0 spiro atoms. The smallest absolute Gasteiger partial charge is 0.293 e. The summed E-state index contributed by atoms with van der Waals surface area (Å²) in [5, 5.41) is -0.235. The SMILES string of the molecule is C=CCN1C(=O)S/C(=C/c2cccn2CC)C1=O. The molecule has 0 bridgehead atoms. The van der Waals surface area contributed by atoms with E-state index >= 15 is 0 Å². The van der Waals surface area contributed by atoms with Gasteiger partial charge in [0.2, 0.25) is 0 Å². The fourth-order valence-electron chi connectivity index (χ4n) is 1.77. The lowest BCUT2D eigenvalue weighted by molar-refractivity contribution is -0.122. The molecule has 4 nitrogen and oxygen atoms in total. The first kappa shape index (κ1) is 12.7. The van der Waals surface area contributed by atoms with Crippen molar-refractivity contribution in [1.29, 1.82) is 0 Å². The zero-order chi connectivity index (χ0) is 13.1. The molecule has 2 heterocycles. The van der Waals surface area contributed by atoms with Crippen LogP contribution in [-0.4, -0.2) is 27.2 Å². The lowest BCUT2D eigenvalue weighted by Gasteiger charge is -2.07. The van der Waals surface area contributed by atoms with Gasteiger partial charge in [-0.05, 0) is 36.9 Å². The molecule has 18 heavy (non-hydrogen) atoms. The summed E-state index contributed by atoms with van der Waals surface area (Å²) in [6, 6.07) is 3.84. The van der Waals surface area contributed by atoms with Crippen LogP contribution in [0.4, 0.5) is 4.79 Å². The second-order valence-corrected chi connectivity index (χ2v) is 4.79. The number of rotatable bonds is 4. The van der Waals surface area contributed by atoms with Crippen molar-refractivity contribution >= 4 is 29.0 Å². The quantitative estimate of drug-likeness (QED) is 0.619. The summed E-state index contributed by atoms with van der Waals surface area (Å²) in [6.07, 6.45) is 5.26. The van der Waals surface area contributed by atoms with E-state index in [0.29, 0.717) is 4.91 Å². The predicted molar refractivity (Wildman–Crippen MR) is 73.0 cm³/mol. The first-order valence-electron chi connectivity index (χ1n) is 5.68. The van der Waals surface area contributed by atoms with E-state index in [4.69, 9.17) is 0 Å². The van der Waals surface area contributed by atoms with Crippen molar-refractivity contribution in [2.45, 2.75) is 13.5 Å². The highest BCUT2D eigenvalue weighted by molar-refractivity contribution is 8.18. The van der Waals surface area contributed by atoms with Gasteiger partial charge in [0, 0.05) is 25.0 Å². The van der Waals surface area contributed by atoms with Crippen molar-refractivity contribution in [3.63, 3.8) is 0 Å². The van der Waals surface area contributed by atoms with E-state index in [9.17, 15) is 9.59 Å². The topological polar surface area (TPSA) is 42.3 Å². The molecule has 1 aromatic heterocycles. The second-order valence-electron chi connectivity index (χ2n) is 3.80. The first-order valence-corrected chi connectivity index (χ1v) is 6.50. The monoisotopic (exact) mass is 262 g/mol. The van der Waals surface area contributed by atoms with Gasteiger partial charge in [0.05, 0.1) is 4.91 Å². The molecule has 0 aromatic carbocycles. The fraction of sp³-hybridized carbons (Fsp3) is 0.231. The van der Waals surface area contributed by atoms with Crippen molar-refractivity contribution in [3.05, 3.63) is 41.6 Å². The number of nitrogens with zero attached hydrogens (tertiary/aromatic N) is 2. The number of carbonyl (C=O) groups is 2. The van der Waals surface area contributed by atoms with Gasteiger partial charge in [-0.25, -0.2) is 0 Å². The van der Waals surface area contributed by atoms with Gasteiger partial charge < -0.3 is 4.57 Å². The number of amides is 2. The van der Waals surface area contributed by atoms with Gasteiger partial charge in [0.1, 0.15) is 0 Å². The van der Waals surface area contributed by atoms with E-state index < -0.39 is 0 Å². The minimum atomic E-state index is -0.242. The van der Waals surface area contributed by atoms with E-state index in [0.717, 1.165) is 24.0 Å². The van der Waals surface area contributed by atoms with Crippen LogP contribution in [0.3, 0.4) is 0 Å². The van der Waals surface area contributed by atoms with Crippen LogP contribution in [0, 0.1) is 0 Å². The molecular weight excluding hydrogens is 248 g/mol. The largest absolute Gasteiger partial charge is 0.348 e. The number of thioether (sulfide) groups is 1. The lowest BCUT2D eigenvalue weighted by Crippen LogP contribution is -2.27. The van der Waals surface area contributed by atoms with E-state index in [1.807, 2.05) is 29.8 Å². The van der Waals surface area contributed by atoms with Crippen LogP contribution in [-0.2, 0) is 11.3 Å². The van der Waals surface area contributed by atoms with E-state index in [-0.39, 0.29) is 17.7 Å². The Morgan fingerprint density at radius 3 is 2.89 bits per heavy atom. The van der Waals surface area contributed by atoms with Gasteiger partial charge in [-0.1, -0.05) is 6.08 Å². The molecule has 2 rings (SSSR count). The van der Waals surface area contributed by atoms with Crippen LogP contribution < -0.4 is 0 Å². The maximum Gasteiger partial charge on any atom is 0.293 e. The summed E-state index contributed by atoms with van der Waals surface area (Å²) in [6.45, 7) is 6.66. The van der Waals surface area contributed by atoms with E-state index in [1.54, 1.807) is 12.2 Å². The molecule has 0 saturated carbocycles.